The lowest BCUT2D eigenvalue weighted by Crippen LogP contribution is -2.36. The molecule has 1 aliphatic rings. The summed E-state index contributed by atoms with van der Waals surface area (Å²) in [7, 11) is 0. The molecule has 1 aliphatic heterocycles. The van der Waals surface area contributed by atoms with E-state index in [2.05, 4.69) is 21.2 Å². The van der Waals surface area contributed by atoms with E-state index in [0.29, 0.717) is 30.9 Å². The Morgan fingerprint density at radius 3 is 2.60 bits per heavy atom. The minimum Gasteiger partial charge on any atom is -0.378 e. The van der Waals surface area contributed by atoms with Crippen LogP contribution in [0.4, 0.5) is 0 Å². The number of hydrogen-bond acceptors (Lipinski definition) is 4. The van der Waals surface area contributed by atoms with Gasteiger partial charge in [0.25, 0.3) is 0 Å². The van der Waals surface area contributed by atoms with Gasteiger partial charge in [-0.3, -0.25) is 4.79 Å². The monoisotopic (exact) mass is 273 g/mol. The summed E-state index contributed by atoms with van der Waals surface area (Å²) in [6, 6.07) is 1.95. The first kappa shape index (κ1) is 12.0. The summed E-state index contributed by atoms with van der Waals surface area (Å²) in [4.78, 5) is 12.8. The van der Waals surface area contributed by atoms with Crippen molar-refractivity contribution in [1.82, 2.24) is 10.2 Å². The Labute approximate surface area is 96.8 Å². The van der Waals surface area contributed by atoms with Crippen LogP contribution in [0.3, 0.4) is 0 Å². The first-order valence-electron chi connectivity index (χ1n) is 4.55. The van der Waals surface area contributed by atoms with Crippen LogP contribution in [0.2, 0.25) is 0 Å². The minimum absolute atomic E-state index is 0.240. The molecule has 0 unspecified atom stereocenters. The maximum absolute atomic E-state index is 10.8. The molecule has 0 atom stereocenters. The summed E-state index contributed by atoms with van der Waals surface area (Å²) >= 11 is 3.31. The summed E-state index contributed by atoms with van der Waals surface area (Å²) < 4.78 is 5.80. The van der Waals surface area contributed by atoms with Gasteiger partial charge in [-0.2, -0.15) is 5.26 Å². The van der Waals surface area contributed by atoms with Gasteiger partial charge < -0.3 is 15.0 Å². The number of amides is 1. The molecule has 6 heteroatoms. The van der Waals surface area contributed by atoms with Crippen LogP contribution in [-0.2, 0) is 9.53 Å². The van der Waals surface area contributed by atoms with E-state index in [1.165, 1.54) is 6.92 Å². The molecule has 0 spiro atoms. The fourth-order valence-electron chi connectivity index (χ4n) is 1.22. The number of nitrogens with zero attached hydrogens (tertiary/aromatic N) is 2. The Bertz CT molecular complexity index is 316. The zero-order valence-corrected chi connectivity index (χ0v) is 10.0. The summed E-state index contributed by atoms with van der Waals surface area (Å²) in [5.74, 6) is -0.253. The molecule has 0 saturated carbocycles. The lowest BCUT2D eigenvalue weighted by atomic mass is 10.4. The van der Waals surface area contributed by atoms with Gasteiger partial charge >= 0.3 is 0 Å². The first-order valence-corrected chi connectivity index (χ1v) is 5.34. The molecule has 1 heterocycles. The van der Waals surface area contributed by atoms with Crippen molar-refractivity contribution in [1.29, 1.82) is 5.26 Å². The number of morpholine rings is 1. The largest absolute Gasteiger partial charge is 0.378 e. The Kier molecular flexibility index (Phi) is 4.59. The van der Waals surface area contributed by atoms with Crippen LogP contribution in [-0.4, -0.2) is 37.1 Å². The summed E-state index contributed by atoms with van der Waals surface area (Å²) in [6.07, 6.45) is 0. The molecule has 0 aromatic heterocycles. The van der Waals surface area contributed by atoms with Crippen molar-refractivity contribution in [2.24, 2.45) is 0 Å². The predicted molar refractivity (Wildman–Crippen MR) is 57.8 cm³/mol. The molecule has 1 N–H and O–H groups in total. The molecule has 1 fully saturated rings. The summed E-state index contributed by atoms with van der Waals surface area (Å²) in [5.41, 5.74) is 0.240. The quantitative estimate of drug-likeness (QED) is 0.589. The molecular formula is C9H12BrN3O2. The van der Waals surface area contributed by atoms with Gasteiger partial charge in [-0.1, -0.05) is 0 Å². The van der Waals surface area contributed by atoms with Crippen molar-refractivity contribution in [2.45, 2.75) is 6.92 Å². The van der Waals surface area contributed by atoms with Crippen molar-refractivity contribution < 1.29 is 9.53 Å². The minimum atomic E-state index is -0.253. The lowest BCUT2D eigenvalue weighted by molar-refractivity contribution is -0.118. The lowest BCUT2D eigenvalue weighted by Gasteiger charge is -2.28. The third-order valence-corrected chi connectivity index (χ3v) is 2.81. The molecule has 0 aromatic carbocycles. The normalized spacial score (nSPS) is 17.8. The van der Waals surface area contributed by atoms with E-state index in [1.54, 1.807) is 0 Å². The number of nitriles is 1. The number of carbonyl (C=O) groups excluding carboxylic acids is 1. The Hall–Kier alpha value is -1.06. The van der Waals surface area contributed by atoms with E-state index in [-0.39, 0.29) is 11.6 Å². The summed E-state index contributed by atoms with van der Waals surface area (Å²) in [5, 5.41) is 11.3. The molecule has 0 bridgehead atoms. The van der Waals surface area contributed by atoms with E-state index in [1.807, 2.05) is 11.0 Å². The number of nitrogens with one attached hydrogen (secondary N) is 1. The molecule has 0 radical (unpaired) electrons. The van der Waals surface area contributed by atoms with Gasteiger partial charge in [-0.05, 0) is 15.9 Å². The highest BCUT2D eigenvalue weighted by Crippen LogP contribution is 2.17. The van der Waals surface area contributed by atoms with Gasteiger partial charge in [-0.15, -0.1) is 0 Å². The molecule has 1 rings (SSSR count). The van der Waals surface area contributed by atoms with E-state index >= 15 is 0 Å². The van der Waals surface area contributed by atoms with E-state index in [9.17, 15) is 4.79 Å². The Morgan fingerprint density at radius 2 is 2.13 bits per heavy atom. The van der Waals surface area contributed by atoms with Crippen LogP contribution in [0.15, 0.2) is 10.3 Å². The van der Waals surface area contributed by atoms with E-state index < -0.39 is 0 Å². The van der Waals surface area contributed by atoms with Gasteiger partial charge in [0, 0.05) is 20.0 Å². The second-order valence-corrected chi connectivity index (χ2v) is 3.81. The average Bonchev–Trinajstić information content (AvgIpc) is 2.26. The van der Waals surface area contributed by atoms with Crippen LogP contribution in [0, 0.1) is 11.3 Å². The molecule has 1 amide bonds. The average molecular weight is 274 g/mol. The molecule has 5 nitrogen and oxygen atoms in total. The van der Waals surface area contributed by atoms with E-state index in [4.69, 9.17) is 10.00 Å². The number of allylic oxidation sites excluding steroid dienone is 1. The van der Waals surface area contributed by atoms with Crippen LogP contribution < -0.4 is 5.32 Å². The van der Waals surface area contributed by atoms with Crippen LogP contribution in [0.1, 0.15) is 6.92 Å². The van der Waals surface area contributed by atoms with Gasteiger partial charge in [-0.25, -0.2) is 0 Å². The van der Waals surface area contributed by atoms with Crippen molar-refractivity contribution in [3.63, 3.8) is 0 Å². The van der Waals surface area contributed by atoms with Gasteiger partial charge in [0.1, 0.15) is 10.7 Å². The molecule has 0 aliphatic carbocycles. The van der Waals surface area contributed by atoms with Crippen LogP contribution >= 0.6 is 15.9 Å². The molecular weight excluding hydrogens is 262 g/mol. The first-order chi connectivity index (χ1) is 7.15. The van der Waals surface area contributed by atoms with Crippen LogP contribution in [0.5, 0.6) is 0 Å². The van der Waals surface area contributed by atoms with Crippen molar-refractivity contribution >= 4 is 21.8 Å². The third kappa shape index (κ3) is 3.53. The fourth-order valence-corrected chi connectivity index (χ4v) is 1.76. The number of ether oxygens (including phenoxy) is 1. The molecule has 15 heavy (non-hydrogen) atoms. The second kappa shape index (κ2) is 5.73. The summed E-state index contributed by atoms with van der Waals surface area (Å²) in [6.45, 7) is 4.06. The maximum Gasteiger partial charge on any atom is 0.221 e. The standard InChI is InChI=1S/C9H12BrN3O2/c1-7(14)12-8(6-11)9(10)13-2-4-15-5-3-13/h2-5H2,1H3,(H,12,14)/b9-8-. The zero-order chi connectivity index (χ0) is 11.3. The Morgan fingerprint density at radius 1 is 1.53 bits per heavy atom. The highest BCUT2D eigenvalue weighted by molar-refractivity contribution is 9.11. The van der Waals surface area contributed by atoms with Gasteiger partial charge in [0.05, 0.1) is 13.2 Å². The fraction of sp³-hybridized carbons (Fsp3) is 0.556. The molecule has 0 aromatic rings. The number of rotatable bonds is 2. The second-order valence-electron chi connectivity index (χ2n) is 3.06. The van der Waals surface area contributed by atoms with E-state index in [0.717, 1.165) is 0 Å². The van der Waals surface area contributed by atoms with Gasteiger partial charge in [0.2, 0.25) is 5.91 Å². The number of carbonyl (C=O) groups is 1. The maximum atomic E-state index is 10.8. The zero-order valence-electron chi connectivity index (χ0n) is 8.42. The highest BCUT2D eigenvalue weighted by atomic mass is 79.9. The number of halogens is 1. The third-order valence-electron chi connectivity index (χ3n) is 1.91. The topological polar surface area (TPSA) is 65.4 Å². The van der Waals surface area contributed by atoms with Crippen LogP contribution in [0.25, 0.3) is 0 Å². The van der Waals surface area contributed by atoms with Crippen molar-refractivity contribution in [3.8, 4) is 6.07 Å². The predicted octanol–water partition coefficient (Wildman–Crippen LogP) is 0.542. The smallest absolute Gasteiger partial charge is 0.221 e. The van der Waals surface area contributed by atoms with Crippen molar-refractivity contribution in [2.75, 3.05) is 26.3 Å². The molecule has 1 saturated heterocycles. The van der Waals surface area contributed by atoms with Crippen molar-refractivity contribution in [3.05, 3.63) is 10.3 Å². The highest BCUT2D eigenvalue weighted by Gasteiger charge is 2.16. The molecule has 82 valence electrons. The number of hydrogen-bond donors (Lipinski definition) is 1. The Balaban J connectivity index is 2.75. The van der Waals surface area contributed by atoms with Gasteiger partial charge in [0.15, 0.2) is 5.70 Å². The SMILES string of the molecule is CC(=O)N/C(C#N)=C(/Br)N1CCOCC1.